The summed E-state index contributed by atoms with van der Waals surface area (Å²) < 4.78 is 0. The molecule has 15 heavy (non-hydrogen) atoms. The number of carbonyl (C=O) groups is 1. The van der Waals surface area contributed by atoms with E-state index in [-0.39, 0.29) is 6.04 Å². The molecule has 0 bridgehead atoms. The number of carboxylic acid groups (broad SMARTS) is 1. The zero-order chi connectivity index (χ0) is 10.9. The SMILES string of the molecule is NC1CC(CCc2ccsc2)(C(=O)O)C1. The van der Waals surface area contributed by atoms with E-state index in [1.165, 1.54) is 5.56 Å². The van der Waals surface area contributed by atoms with Crippen LogP contribution in [0.15, 0.2) is 16.8 Å². The molecule has 1 saturated carbocycles. The molecule has 0 atom stereocenters. The van der Waals surface area contributed by atoms with Crippen molar-refractivity contribution in [3.05, 3.63) is 22.4 Å². The summed E-state index contributed by atoms with van der Waals surface area (Å²) in [6.45, 7) is 0. The first-order valence-electron chi connectivity index (χ1n) is 5.12. The van der Waals surface area contributed by atoms with Gasteiger partial charge < -0.3 is 10.8 Å². The minimum Gasteiger partial charge on any atom is -0.481 e. The van der Waals surface area contributed by atoms with E-state index < -0.39 is 11.4 Å². The van der Waals surface area contributed by atoms with E-state index in [0.717, 1.165) is 6.42 Å². The number of carboxylic acids is 1. The number of hydrogen-bond acceptors (Lipinski definition) is 3. The molecule has 0 aliphatic heterocycles. The molecule has 0 spiro atoms. The van der Waals surface area contributed by atoms with Gasteiger partial charge in [0.2, 0.25) is 0 Å². The van der Waals surface area contributed by atoms with Crippen molar-refractivity contribution in [2.75, 3.05) is 0 Å². The lowest BCUT2D eigenvalue weighted by molar-refractivity contribution is -0.156. The fraction of sp³-hybridized carbons (Fsp3) is 0.545. The first-order chi connectivity index (χ1) is 7.12. The standard InChI is InChI=1S/C11H15NO2S/c12-9-5-11(6-9,10(13)14)3-1-8-2-4-15-7-8/h2,4,7,9H,1,3,5-6,12H2,(H,13,14). The van der Waals surface area contributed by atoms with Crippen molar-refractivity contribution >= 4 is 17.3 Å². The average Bonchev–Trinajstić information content (AvgIpc) is 2.62. The number of thiophene rings is 1. The molecule has 0 radical (unpaired) electrons. The Bertz CT molecular complexity index is 341. The zero-order valence-corrected chi connectivity index (χ0v) is 9.30. The van der Waals surface area contributed by atoms with Crippen molar-refractivity contribution in [2.45, 2.75) is 31.7 Å². The lowest BCUT2D eigenvalue weighted by atomic mass is 9.63. The Kier molecular flexibility index (Phi) is 2.80. The van der Waals surface area contributed by atoms with Gasteiger partial charge in [0.15, 0.2) is 0 Å². The van der Waals surface area contributed by atoms with E-state index in [9.17, 15) is 9.90 Å². The van der Waals surface area contributed by atoms with Gasteiger partial charge in [-0.1, -0.05) is 0 Å². The molecule has 1 fully saturated rings. The molecule has 3 nitrogen and oxygen atoms in total. The van der Waals surface area contributed by atoms with Crippen molar-refractivity contribution in [1.82, 2.24) is 0 Å². The highest BCUT2D eigenvalue weighted by Gasteiger charge is 2.48. The van der Waals surface area contributed by atoms with Crippen LogP contribution in [0, 0.1) is 5.41 Å². The molecule has 1 aliphatic rings. The van der Waals surface area contributed by atoms with Crippen LogP contribution in [0.2, 0.25) is 0 Å². The van der Waals surface area contributed by atoms with Crippen molar-refractivity contribution in [2.24, 2.45) is 11.1 Å². The molecule has 1 aliphatic carbocycles. The third-order valence-corrected chi connectivity index (χ3v) is 3.96. The van der Waals surface area contributed by atoms with Gasteiger partial charge in [0.25, 0.3) is 0 Å². The highest BCUT2D eigenvalue weighted by atomic mass is 32.1. The monoisotopic (exact) mass is 225 g/mol. The predicted molar refractivity (Wildman–Crippen MR) is 59.9 cm³/mol. The maximum Gasteiger partial charge on any atom is 0.309 e. The molecule has 0 amide bonds. The first kappa shape index (κ1) is 10.6. The van der Waals surface area contributed by atoms with Crippen LogP contribution in [0.1, 0.15) is 24.8 Å². The smallest absolute Gasteiger partial charge is 0.309 e. The molecule has 0 saturated heterocycles. The van der Waals surface area contributed by atoms with Crippen LogP contribution >= 0.6 is 11.3 Å². The summed E-state index contributed by atoms with van der Waals surface area (Å²) in [5, 5.41) is 13.3. The van der Waals surface area contributed by atoms with Gasteiger partial charge in [-0.15, -0.1) is 0 Å². The van der Waals surface area contributed by atoms with E-state index in [2.05, 4.69) is 11.4 Å². The normalized spacial score (nSPS) is 29.8. The van der Waals surface area contributed by atoms with Crippen LogP contribution in [0.5, 0.6) is 0 Å². The fourth-order valence-electron chi connectivity index (χ4n) is 2.25. The topological polar surface area (TPSA) is 63.3 Å². The van der Waals surface area contributed by atoms with Gasteiger partial charge in [-0.05, 0) is 48.1 Å². The fourth-order valence-corrected chi connectivity index (χ4v) is 2.95. The highest BCUT2D eigenvalue weighted by Crippen LogP contribution is 2.44. The summed E-state index contributed by atoms with van der Waals surface area (Å²) in [6, 6.07) is 2.14. The van der Waals surface area contributed by atoms with Crippen molar-refractivity contribution in [3.8, 4) is 0 Å². The van der Waals surface area contributed by atoms with Crippen molar-refractivity contribution in [3.63, 3.8) is 0 Å². The lowest BCUT2D eigenvalue weighted by Crippen LogP contribution is -2.51. The number of rotatable bonds is 4. The second-order valence-electron chi connectivity index (χ2n) is 4.39. The second kappa shape index (κ2) is 3.94. The van der Waals surface area contributed by atoms with Crippen LogP contribution < -0.4 is 5.73 Å². The van der Waals surface area contributed by atoms with E-state index in [0.29, 0.717) is 19.3 Å². The van der Waals surface area contributed by atoms with E-state index in [1.807, 2.05) is 5.38 Å². The molecule has 0 aromatic carbocycles. The van der Waals surface area contributed by atoms with Gasteiger partial charge in [0.1, 0.15) is 0 Å². The number of nitrogens with two attached hydrogens (primary N) is 1. The largest absolute Gasteiger partial charge is 0.481 e. The van der Waals surface area contributed by atoms with E-state index in [4.69, 9.17) is 5.73 Å². The van der Waals surface area contributed by atoms with Gasteiger partial charge in [-0.3, -0.25) is 4.79 Å². The van der Waals surface area contributed by atoms with Crippen LogP contribution in [0.25, 0.3) is 0 Å². The second-order valence-corrected chi connectivity index (χ2v) is 5.17. The van der Waals surface area contributed by atoms with Crippen LogP contribution in [-0.2, 0) is 11.2 Å². The predicted octanol–water partition coefficient (Wildman–Crippen LogP) is 1.87. The summed E-state index contributed by atoms with van der Waals surface area (Å²) in [7, 11) is 0. The summed E-state index contributed by atoms with van der Waals surface area (Å²) in [6.07, 6.45) is 2.83. The summed E-state index contributed by atoms with van der Waals surface area (Å²) in [4.78, 5) is 11.2. The third-order valence-electron chi connectivity index (χ3n) is 3.23. The van der Waals surface area contributed by atoms with Gasteiger partial charge >= 0.3 is 5.97 Å². The molecule has 1 aromatic rings. The molecule has 1 heterocycles. The average molecular weight is 225 g/mol. The maximum absolute atomic E-state index is 11.2. The molecule has 0 unspecified atom stereocenters. The number of aliphatic carboxylic acids is 1. The molecule has 82 valence electrons. The molecular weight excluding hydrogens is 210 g/mol. The van der Waals surface area contributed by atoms with Gasteiger partial charge in [0, 0.05) is 6.04 Å². The molecular formula is C11H15NO2S. The van der Waals surface area contributed by atoms with Crippen LogP contribution in [0.4, 0.5) is 0 Å². The molecule has 1 aromatic heterocycles. The number of aryl methyl sites for hydroxylation is 1. The van der Waals surface area contributed by atoms with Crippen LogP contribution in [0.3, 0.4) is 0 Å². The van der Waals surface area contributed by atoms with E-state index >= 15 is 0 Å². The Balaban J connectivity index is 1.94. The third kappa shape index (κ3) is 2.06. The Morgan fingerprint density at radius 2 is 2.40 bits per heavy atom. The minimum absolute atomic E-state index is 0.0866. The Hall–Kier alpha value is -0.870. The first-order valence-corrected chi connectivity index (χ1v) is 6.07. The summed E-state index contributed by atoms with van der Waals surface area (Å²) in [5.41, 5.74) is 6.38. The molecule has 2 rings (SSSR count). The Labute approximate surface area is 92.9 Å². The number of hydrogen-bond donors (Lipinski definition) is 2. The summed E-state index contributed by atoms with van der Waals surface area (Å²) >= 11 is 1.65. The zero-order valence-electron chi connectivity index (χ0n) is 8.48. The van der Waals surface area contributed by atoms with Crippen LogP contribution in [-0.4, -0.2) is 17.1 Å². The van der Waals surface area contributed by atoms with E-state index in [1.54, 1.807) is 11.3 Å². The van der Waals surface area contributed by atoms with Crippen molar-refractivity contribution in [1.29, 1.82) is 0 Å². The minimum atomic E-state index is -0.681. The Morgan fingerprint density at radius 1 is 1.67 bits per heavy atom. The van der Waals surface area contributed by atoms with Gasteiger partial charge in [0.05, 0.1) is 5.41 Å². The van der Waals surface area contributed by atoms with Gasteiger partial charge in [-0.2, -0.15) is 11.3 Å². The molecule has 4 heteroatoms. The Morgan fingerprint density at radius 3 is 2.87 bits per heavy atom. The van der Waals surface area contributed by atoms with Gasteiger partial charge in [-0.25, -0.2) is 0 Å². The quantitative estimate of drug-likeness (QED) is 0.822. The van der Waals surface area contributed by atoms with Crippen molar-refractivity contribution < 1.29 is 9.90 Å². The summed E-state index contributed by atoms with van der Waals surface area (Å²) in [5.74, 6) is -0.681. The molecule has 3 N–H and O–H groups in total. The lowest BCUT2D eigenvalue weighted by Gasteiger charge is -2.42. The maximum atomic E-state index is 11.2. The highest BCUT2D eigenvalue weighted by molar-refractivity contribution is 7.07.